The first kappa shape index (κ1) is 10.6. The average molecular weight is 226 g/mol. The summed E-state index contributed by atoms with van der Waals surface area (Å²) in [5, 5.41) is 0.774. The first-order valence-electron chi connectivity index (χ1n) is 5.40. The van der Waals surface area contributed by atoms with Gasteiger partial charge in [0, 0.05) is 18.1 Å². The van der Waals surface area contributed by atoms with E-state index < -0.39 is 0 Å². The van der Waals surface area contributed by atoms with Gasteiger partial charge in [-0.25, -0.2) is 0 Å². The van der Waals surface area contributed by atoms with Gasteiger partial charge in [0.05, 0.1) is 12.8 Å². The zero-order valence-electron chi connectivity index (χ0n) is 9.00. The highest BCUT2D eigenvalue weighted by atomic mass is 35.5. The summed E-state index contributed by atoms with van der Waals surface area (Å²) < 4.78 is 5.35. The van der Waals surface area contributed by atoms with Crippen LogP contribution in [0.4, 0.5) is 5.69 Å². The fourth-order valence-electron chi connectivity index (χ4n) is 2.05. The topological polar surface area (TPSA) is 12.5 Å². The SMILES string of the molecule is COc1ccc(Cl)cc1N1CCCCC1. The van der Waals surface area contributed by atoms with E-state index in [0.29, 0.717) is 0 Å². The summed E-state index contributed by atoms with van der Waals surface area (Å²) in [6, 6.07) is 5.80. The molecular weight excluding hydrogens is 210 g/mol. The monoisotopic (exact) mass is 225 g/mol. The molecule has 1 saturated heterocycles. The maximum absolute atomic E-state index is 6.01. The van der Waals surface area contributed by atoms with Crippen molar-refractivity contribution in [2.24, 2.45) is 0 Å². The Morgan fingerprint density at radius 3 is 2.60 bits per heavy atom. The van der Waals surface area contributed by atoms with Crippen molar-refractivity contribution in [1.82, 2.24) is 0 Å². The Bertz CT molecular complexity index is 334. The predicted molar refractivity (Wildman–Crippen MR) is 64.1 cm³/mol. The van der Waals surface area contributed by atoms with Crippen LogP contribution < -0.4 is 9.64 Å². The average Bonchev–Trinajstić information content (AvgIpc) is 2.30. The summed E-state index contributed by atoms with van der Waals surface area (Å²) in [5.41, 5.74) is 1.13. The quantitative estimate of drug-likeness (QED) is 0.766. The van der Waals surface area contributed by atoms with Crippen LogP contribution in [0.2, 0.25) is 5.02 Å². The van der Waals surface area contributed by atoms with Crippen molar-refractivity contribution in [3.8, 4) is 5.75 Å². The number of hydrogen-bond donors (Lipinski definition) is 0. The molecule has 0 N–H and O–H groups in total. The summed E-state index contributed by atoms with van der Waals surface area (Å²) in [7, 11) is 1.71. The minimum atomic E-state index is 0.774. The highest BCUT2D eigenvalue weighted by molar-refractivity contribution is 6.30. The zero-order chi connectivity index (χ0) is 10.7. The van der Waals surface area contributed by atoms with Crippen LogP contribution in [0.25, 0.3) is 0 Å². The zero-order valence-corrected chi connectivity index (χ0v) is 9.76. The second-order valence-corrected chi connectivity index (χ2v) is 4.30. The van der Waals surface area contributed by atoms with Gasteiger partial charge in [0.15, 0.2) is 0 Å². The van der Waals surface area contributed by atoms with E-state index in [4.69, 9.17) is 16.3 Å². The lowest BCUT2D eigenvalue weighted by Crippen LogP contribution is -2.29. The number of rotatable bonds is 2. The van der Waals surface area contributed by atoms with Gasteiger partial charge in [0.25, 0.3) is 0 Å². The Morgan fingerprint density at radius 1 is 1.20 bits per heavy atom. The third-order valence-corrected chi connectivity index (χ3v) is 3.07. The molecule has 1 fully saturated rings. The van der Waals surface area contributed by atoms with Crippen LogP contribution in [0.5, 0.6) is 5.75 Å². The number of nitrogens with zero attached hydrogens (tertiary/aromatic N) is 1. The summed E-state index contributed by atoms with van der Waals surface area (Å²) >= 11 is 6.01. The third kappa shape index (κ3) is 2.37. The molecule has 3 heteroatoms. The third-order valence-electron chi connectivity index (χ3n) is 2.84. The number of benzene rings is 1. The second kappa shape index (κ2) is 4.75. The molecule has 82 valence electrons. The Hall–Kier alpha value is -0.890. The predicted octanol–water partition coefficient (Wildman–Crippen LogP) is 3.34. The van der Waals surface area contributed by atoms with E-state index in [1.54, 1.807) is 7.11 Å². The van der Waals surface area contributed by atoms with Crippen molar-refractivity contribution in [3.05, 3.63) is 23.2 Å². The lowest BCUT2D eigenvalue weighted by Gasteiger charge is -2.30. The molecule has 15 heavy (non-hydrogen) atoms. The van der Waals surface area contributed by atoms with Gasteiger partial charge >= 0.3 is 0 Å². The molecule has 0 amide bonds. The van der Waals surface area contributed by atoms with E-state index in [1.165, 1.54) is 19.3 Å². The minimum absolute atomic E-state index is 0.774. The molecule has 2 nitrogen and oxygen atoms in total. The number of hydrogen-bond acceptors (Lipinski definition) is 2. The fraction of sp³-hybridized carbons (Fsp3) is 0.500. The second-order valence-electron chi connectivity index (χ2n) is 3.86. The van der Waals surface area contributed by atoms with Crippen LogP contribution in [0.1, 0.15) is 19.3 Å². The Kier molecular flexibility index (Phi) is 3.37. The van der Waals surface area contributed by atoms with E-state index >= 15 is 0 Å². The lowest BCUT2D eigenvalue weighted by molar-refractivity contribution is 0.412. The Labute approximate surface area is 95.8 Å². The van der Waals surface area contributed by atoms with Crippen molar-refractivity contribution < 1.29 is 4.74 Å². The summed E-state index contributed by atoms with van der Waals surface area (Å²) in [4.78, 5) is 2.36. The van der Waals surface area contributed by atoms with Crippen LogP contribution in [0.3, 0.4) is 0 Å². The van der Waals surface area contributed by atoms with E-state index in [0.717, 1.165) is 29.5 Å². The van der Waals surface area contributed by atoms with Crippen LogP contribution in [0, 0.1) is 0 Å². The molecule has 0 radical (unpaired) electrons. The van der Waals surface area contributed by atoms with Gasteiger partial charge in [-0.3, -0.25) is 0 Å². The van der Waals surface area contributed by atoms with Crippen molar-refractivity contribution in [2.45, 2.75) is 19.3 Å². The van der Waals surface area contributed by atoms with Gasteiger partial charge in [0.2, 0.25) is 0 Å². The van der Waals surface area contributed by atoms with Crippen LogP contribution in [-0.4, -0.2) is 20.2 Å². The molecule has 0 atom stereocenters. The minimum Gasteiger partial charge on any atom is -0.495 e. The van der Waals surface area contributed by atoms with E-state index in [1.807, 2.05) is 18.2 Å². The maximum Gasteiger partial charge on any atom is 0.142 e. The lowest BCUT2D eigenvalue weighted by atomic mass is 10.1. The highest BCUT2D eigenvalue weighted by Crippen LogP contribution is 2.32. The van der Waals surface area contributed by atoms with Gasteiger partial charge in [-0.2, -0.15) is 0 Å². The van der Waals surface area contributed by atoms with Crippen LogP contribution >= 0.6 is 11.6 Å². The molecule has 1 aromatic carbocycles. The van der Waals surface area contributed by atoms with E-state index in [-0.39, 0.29) is 0 Å². The molecule has 1 heterocycles. The summed E-state index contributed by atoms with van der Waals surface area (Å²) in [6.45, 7) is 2.22. The first-order valence-corrected chi connectivity index (χ1v) is 5.77. The fourth-order valence-corrected chi connectivity index (χ4v) is 2.21. The van der Waals surface area contributed by atoms with Crippen molar-refractivity contribution >= 4 is 17.3 Å². The van der Waals surface area contributed by atoms with E-state index in [9.17, 15) is 0 Å². The molecular formula is C12H16ClNO. The molecule has 0 spiro atoms. The van der Waals surface area contributed by atoms with Gasteiger partial charge in [-0.05, 0) is 37.5 Å². The maximum atomic E-state index is 6.01. The molecule has 0 aromatic heterocycles. The Morgan fingerprint density at radius 2 is 1.93 bits per heavy atom. The molecule has 0 saturated carbocycles. The van der Waals surface area contributed by atoms with Crippen LogP contribution in [-0.2, 0) is 0 Å². The van der Waals surface area contributed by atoms with Gasteiger partial charge in [-0.1, -0.05) is 11.6 Å². The smallest absolute Gasteiger partial charge is 0.142 e. The van der Waals surface area contributed by atoms with Gasteiger partial charge in [0.1, 0.15) is 5.75 Å². The van der Waals surface area contributed by atoms with Gasteiger partial charge in [-0.15, -0.1) is 0 Å². The standard InChI is InChI=1S/C12H16ClNO/c1-15-12-6-5-10(13)9-11(12)14-7-3-2-4-8-14/h5-6,9H,2-4,7-8H2,1H3. The van der Waals surface area contributed by atoms with Gasteiger partial charge < -0.3 is 9.64 Å². The molecule has 2 rings (SSSR count). The largest absolute Gasteiger partial charge is 0.495 e. The van der Waals surface area contributed by atoms with Crippen molar-refractivity contribution in [2.75, 3.05) is 25.1 Å². The highest BCUT2D eigenvalue weighted by Gasteiger charge is 2.15. The summed E-state index contributed by atoms with van der Waals surface area (Å²) in [5.74, 6) is 0.918. The Balaban J connectivity index is 2.27. The molecule has 1 aliphatic rings. The van der Waals surface area contributed by atoms with Crippen molar-refractivity contribution in [3.63, 3.8) is 0 Å². The van der Waals surface area contributed by atoms with E-state index in [2.05, 4.69) is 4.90 Å². The first-order chi connectivity index (χ1) is 7.31. The summed E-state index contributed by atoms with van der Waals surface area (Å²) in [6.07, 6.45) is 3.85. The van der Waals surface area contributed by atoms with Crippen LogP contribution in [0.15, 0.2) is 18.2 Å². The van der Waals surface area contributed by atoms with Crippen molar-refractivity contribution in [1.29, 1.82) is 0 Å². The number of ether oxygens (including phenoxy) is 1. The molecule has 0 bridgehead atoms. The molecule has 0 unspecified atom stereocenters. The number of methoxy groups -OCH3 is 1. The molecule has 1 aromatic rings. The molecule has 0 aliphatic carbocycles. The number of anilines is 1. The number of halogens is 1. The normalized spacial score (nSPS) is 16.5. The molecule has 1 aliphatic heterocycles. The number of piperidine rings is 1.